The van der Waals surface area contributed by atoms with Crippen molar-refractivity contribution in [1.82, 2.24) is 4.98 Å². The third kappa shape index (κ3) is 1.71. The number of hydrogen-bond donors (Lipinski definition) is 2. The molecule has 1 aromatic rings. The Balaban J connectivity index is 2.22. The maximum Gasteiger partial charge on any atom is 0.133 e. The SMILES string of the molecule is NCc1cccnc1N1CC[C@H](O)C1. The molecule has 0 aliphatic carbocycles. The zero-order chi connectivity index (χ0) is 9.97. The summed E-state index contributed by atoms with van der Waals surface area (Å²) in [6.45, 7) is 2.03. The van der Waals surface area contributed by atoms with Gasteiger partial charge in [0.15, 0.2) is 0 Å². The van der Waals surface area contributed by atoms with Crippen LogP contribution in [0.3, 0.4) is 0 Å². The molecule has 0 spiro atoms. The van der Waals surface area contributed by atoms with Gasteiger partial charge >= 0.3 is 0 Å². The van der Waals surface area contributed by atoms with Gasteiger partial charge in [-0.05, 0) is 12.5 Å². The van der Waals surface area contributed by atoms with Crippen LogP contribution < -0.4 is 10.6 Å². The largest absolute Gasteiger partial charge is 0.391 e. The fraction of sp³-hybridized carbons (Fsp3) is 0.500. The Morgan fingerprint density at radius 2 is 2.50 bits per heavy atom. The average Bonchev–Trinajstić information content (AvgIpc) is 2.65. The number of nitrogens with zero attached hydrogens (tertiary/aromatic N) is 2. The Morgan fingerprint density at radius 1 is 1.64 bits per heavy atom. The van der Waals surface area contributed by atoms with Gasteiger partial charge in [-0.3, -0.25) is 0 Å². The summed E-state index contributed by atoms with van der Waals surface area (Å²) in [5.74, 6) is 0.923. The van der Waals surface area contributed by atoms with Crippen LogP contribution in [0.25, 0.3) is 0 Å². The topological polar surface area (TPSA) is 62.4 Å². The van der Waals surface area contributed by atoms with Crippen molar-refractivity contribution in [2.45, 2.75) is 19.1 Å². The van der Waals surface area contributed by atoms with Gasteiger partial charge in [0.05, 0.1) is 6.10 Å². The highest BCUT2D eigenvalue weighted by Gasteiger charge is 2.22. The fourth-order valence-electron chi connectivity index (χ4n) is 1.81. The first-order valence-electron chi connectivity index (χ1n) is 4.88. The highest BCUT2D eigenvalue weighted by molar-refractivity contribution is 5.47. The molecule has 0 saturated carbocycles. The molecular formula is C10H15N3O. The molecule has 76 valence electrons. The molecule has 4 nitrogen and oxygen atoms in total. The molecule has 3 N–H and O–H groups in total. The van der Waals surface area contributed by atoms with Gasteiger partial charge in [0.1, 0.15) is 5.82 Å². The Morgan fingerprint density at radius 3 is 3.14 bits per heavy atom. The number of nitrogens with two attached hydrogens (primary N) is 1. The summed E-state index contributed by atoms with van der Waals surface area (Å²) < 4.78 is 0. The Hall–Kier alpha value is -1.13. The van der Waals surface area contributed by atoms with Crippen molar-refractivity contribution in [3.63, 3.8) is 0 Å². The Bertz CT molecular complexity index is 316. The lowest BCUT2D eigenvalue weighted by atomic mass is 10.2. The van der Waals surface area contributed by atoms with Crippen molar-refractivity contribution >= 4 is 5.82 Å². The minimum atomic E-state index is -0.220. The van der Waals surface area contributed by atoms with Crippen molar-refractivity contribution in [3.8, 4) is 0 Å². The van der Waals surface area contributed by atoms with Crippen molar-refractivity contribution in [2.75, 3.05) is 18.0 Å². The molecule has 4 heteroatoms. The maximum atomic E-state index is 9.42. The molecule has 1 atom stereocenters. The molecule has 1 aromatic heterocycles. The second-order valence-corrected chi connectivity index (χ2v) is 3.58. The van der Waals surface area contributed by atoms with Gasteiger partial charge in [0.25, 0.3) is 0 Å². The number of pyridine rings is 1. The van der Waals surface area contributed by atoms with E-state index >= 15 is 0 Å². The first-order chi connectivity index (χ1) is 6.81. The van der Waals surface area contributed by atoms with Gasteiger partial charge < -0.3 is 15.7 Å². The molecular weight excluding hydrogens is 178 g/mol. The minimum absolute atomic E-state index is 0.220. The summed E-state index contributed by atoms with van der Waals surface area (Å²) in [6, 6.07) is 3.87. The fourth-order valence-corrected chi connectivity index (χ4v) is 1.81. The van der Waals surface area contributed by atoms with E-state index in [1.807, 2.05) is 12.1 Å². The van der Waals surface area contributed by atoms with E-state index in [-0.39, 0.29) is 6.10 Å². The van der Waals surface area contributed by atoms with Crippen molar-refractivity contribution in [1.29, 1.82) is 0 Å². The second kappa shape index (κ2) is 3.94. The van der Waals surface area contributed by atoms with Crippen molar-refractivity contribution < 1.29 is 5.11 Å². The molecule has 0 radical (unpaired) electrons. The van der Waals surface area contributed by atoms with Gasteiger partial charge in [-0.15, -0.1) is 0 Å². The smallest absolute Gasteiger partial charge is 0.133 e. The van der Waals surface area contributed by atoms with Crippen LogP contribution in [-0.2, 0) is 6.54 Å². The van der Waals surface area contributed by atoms with Gasteiger partial charge in [-0.2, -0.15) is 0 Å². The van der Waals surface area contributed by atoms with Gasteiger partial charge in [0, 0.05) is 31.4 Å². The molecule has 0 aromatic carbocycles. The summed E-state index contributed by atoms with van der Waals surface area (Å²) in [5, 5.41) is 9.42. The van der Waals surface area contributed by atoms with E-state index in [0.717, 1.165) is 24.3 Å². The first-order valence-corrected chi connectivity index (χ1v) is 4.88. The van der Waals surface area contributed by atoms with Crippen LogP contribution >= 0.6 is 0 Å². The van der Waals surface area contributed by atoms with Crippen LogP contribution in [0.1, 0.15) is 12.0 Å². The zero-order valence-electron chi connectivity index (χ0n) is 8.06. The molecule has 14 heavy (non-hydrogen) atoms. The molecule has 2 heterocycles. The predicted molar refractivity (Wildman–Crippen MR) is 55.0 cm³/mol. The average molecular weight is 193 g/mol. The Labute approximate surface area is 83.4 Å². The monoisotopic (exact) mass is 193 g/mol. The van der Waals surface area contributed by atoms with E-state index in [1.165, 1.54) is 0 Å². The highest BCUT2D eigenvalue weighted by Crippen LogP contribution is 2.21. The van der Waals surface area contributed by atoms with Gasteiger partial charge in [0.2, 0.25) is 0 Å². The van der Waals surface area contributed by atoms with Crippen LogP contribution in [0.4, 0.5) is 5.82 Å². The number of anilines is 1. The minimum Gasteiger partial charge on any atom is -0.391 e. The molecule has 0 unspecified atom stereocenters. The van der Waals surface area contributed by atoms with E-state index in [0.29, 0.717) is 13.1 Å². The van der Waals surface area contributed by atoms with Crippen molar-refractivity contribution in [3.05, 3.63) is 23.9 Å². The lowest BCUT2D eigenvalue weighted by Gasteiger charge is -2.19. The normalized spacial score (nSPS) is 21.6. The summed E-state index contributed by atoms with van der Waals surface area (Å²) >= 11 is 0. The molecule has 1 aliphatic rings. The Kier molecular flexibility index (Phi) is 2.65. The summed E-state index contributed by atoms with van der Waals surface area (Å²) in [7, 11) is 0. The first kappa shape index (κ1) is 9.43. The molecule has 1 saturated heterocycles. The lowest BCUT2D eigenvalue weighted by Crippen LogP contribution is -2.24. The summed E-state index contributed by atoms with van der Waals surface area (Å²) in [4.78, 5) is 6.39. The third-order valence-corrected chi connectivity index (χ3v) is 2.55. The highest BCUT2D eigenvalue weighted by atomic mass is 16.3. The quantitative estimate of drug-likeness (QED) is 0.700. The number of hydrogen-bond acceptors (Lipinski definition) is 4. The van der Waals surface area contributed by atoms with Crippen LogP contribution in [-0.4, -0.2) is 29.3 Å². The number of β-amino-alcohol motifs (C(OH)–C–C–N with tert-alkyl or cyclic N) is 1. The van der Waals surface area contributed by atoms with E-state index in [9.17, 15) is 5.11 Å². The standard InChI is InChI=1S/C10H15N3O/c11-6-8-2-1-4-12-10(8)13-5-3-9(14)7-13/h1-2,4,9,14H,3,5-7,11H2/t9-/m0/s1. The number of aliphatic hydroxyl groups is 1. The second-order valence-electron chi connectivity index (χ2n) is 3.58. The van der Waals surface area contributed by atoms with Crippen LogP contribution in [0.15, 0.2) is 18.3 Å². The number of aromatic nitrogens is 1. The number of aliphatic hydroxyl groups excluding tert-OH is 1. The van der Waals surface area contributed by atoms with Crippen molar-refractivity contribution in [2.24, 2.45) is 5.73 Å². The lowest BCUT2D eigenvalue weighted by molar-refractivity contribution is 0.198. The van der Waals surface area contributed by atoms with E-state index in [1.54, 1.807) is 6.20 Å². The van der Waals surface area contributed by atoms with E-state index in [2.05, 4.69) is 9.88 Å². The third-order valence-electron chi connectivity index (χ3n) is 2.55. The predicted octanol–water partition coefficient (Wildman–Crippen LogP) is 0.111. The van der Waals surface area contributed by atoms with Crippen LogP contribution in [0.5, 0.6) is 0 Å². The number of rotatable bonds is 2. The van der Waals surface area contributed by atoms with Gasteiger partial charge in [-0.25, -0.2) is 4.98 Å². The molecule has 1 aliphatic heterocycles. The molecule has 2 rings (SSSR count). The molecule has 1 fully saturated rings. The van der Waals surface area contributed by atoms with Gasteiger partial charge in [-0.1, -0.05) is 6.07 Å². The molecule has 0 amide bonds. The summed E-state index contributed by atoms with van der Waals surface area (Å²) in [5.41, 5.74) is 6.67. The summed E-state index contributed by atoms with van der Waals surface area (Å²) in [6.07, 6.45) is 2.36. The van der Waals surface area contributed by atoms with E-state index < -0.39 is 0 Å². The van der Waals surface area contributed by atoms with E-state index in [4.69, 9.17) is 5.73 Å². The maximum absolute atomic E-state index is 9.42. The van der Waals surface area contributed by atoms with Crippen LogP contribution in [0, 0.1) is 0 Å². The molecule has 0 bridgehead atoms. The zero-order valence-corrected chi connectivity index (χ0v) is 8.06. The van der Waals surface area contributed by atoms with Crippen LogP contribution in [0.2, 0.25) is 0 Å².